The molecule has 0 aliphatic rings. The Hall–Kier alpha value is -6.36. The number of para-hydroxylation sites is 3. The van der Waals surface area contributed by atoms with Crippen molar-refractivity contribution in [2.75, 3.05) is 55.9 Å². The summed E-state index contributed by atoms with van der Waals surface area (Å²) in [5, 5.41) is 39.7. The van der Waals surface area contributed by atoms with Gasteiger partial charge in [0.05, 0.1) is 11.0 Å². The molecule has 0 amide bonds. The number of ether oxygens (including phenoxy) is 2. The second-order valence-corrected chi connectivity index (χ2v) is 13.0. The van der Waals surface area contributed by atoms with Crippen LogP contribution in [-0.4, -0.2) is 64.8 Å². The molecule has 0 atom stereocenters. The number of anilines is 3. The van der Waals surface area contributed by atoms with Gasteiger partial charge in [0.1, 0.15) is 19.0 Å². The molecule has 0 radical (unpaired) electrons. The minimum Gasteiger partial charge on any atom is -0.504 e. The number of H-pyrrole nitrogens is 2. The van der Waals surface area contributed by atoms with Crippen molar-refractivity contribution in [2.24, 2.45) is 0 Å². The molecule has 54 heavy (non-hydrogen) atoms. The monoisotopic (exact) mass is 723 g/mol. The van der Waals surface area contributed by atoms with E-state index in [1.54, 1.807) is 6.07 Å². The van der Waals surface area contributed by atoms with Gasteiger partial charge in [-0.15, -0.1) is 0 Å². The van der Waals surface area contributed by atoms with Crippen molar-refractivity contribution in [1.82, 2.24) is 9.97 Å². The topological polar surface area (TPSA) is 161 Å². The van der Waals surface area contributed by atoms with Gasteiger partial charge in [0.25, 0.3) is 0 Å². The molecule has 10 nitrogen and oxygen atoms in total. The Morgan fingerprint density at radius 3 is 1.81 bits per heavy atom. The lowest BCUT2D eigenvalue weighted by molar-refractivity contribution is 0.299. The largest absolute Gasteiger partial charge is 0.504 e. The third kappa shape index (κ3) is 8.31. The van der Waals surface area contributed by atoms with Gasteiger partial charge in [0.15, 0.2) is 11.5 Å². The number of aliphatic hydroxyl groups excluding tert-OH is 2. The molecule has 8 aromatic rings. The molecule has 0 spiro atoms. The number of rotatable bonds is 14. The zero-order valence-corrected chi connectivity index (χ0v) is 29.9. The SMILES string of the molecule is Nc1ccc2[nH]c3cc(OCCNc4ccccc4CCO)ccc3c2c1.OCCc1ccccc1NCCOc1cc2[nH]c3ccccc3c2cc1O. The van der Waals surface area contributed by atoms with Crippen LogP contribution in [0, 0.1) is 0 Å². The average Bonchev–Trinajstić information content (AvgIpc) is 3.73. The highest BCUT2D eigenvalue weighted by atomic mass is 16.5. The molecule has 0 fully saturated rings. The first-order chi connectivity index (χ1) is 26.5. The van der Waals surface area contributed by atoms with Crippen LogP contribution in [-0.2, 0) is 12.8 Å². The average molecular weight is 724 g/mol. The molecule has 0 aliphatic heterocycles. The first-order valence-electron chi connectivity index (χ1n) is 18.2. The molecule has 0 bridgehead atoms. The summed E-state index contributed by atoms with van der Waals surface area (Å²) in [6.45, 7) is 2.49. The predicted molar refractivity (Wildman–Crippen MR) is 220 cm³/mol. The Labute approximate surface area is 313 Å². The van der Waals surface area contributed by atoms with E-state index in [2.05, 4.69) is 26.7 Å². The van der Waals surface area contributed by atoms with Crippen LogP contribution in [0.1, 0.15) is 11.1 Å². The van der Waals surface area contributed by atoms with Crippen LogP contribution in [0.25, 0.3) is 43.6 Å². The molecule has 6 aromatic carbocycles. The number of nitrogens with one attached hydrogen (secondary N) is 4. The van der Waals surface area contributed by atoms with E-state index in [0.717, 1.165) is 77.6 Å². The molecule has 2 heterocycles. The van der Waals surface area contributed by atoms with Gasteiger partial charge in [-0.05, 0) is 78.6 Å². The van der Waals surface area contributed by atoms with Crippen molar-refractivity contribution >= 4 is 60.7 Å². The maximum atomic E-state index is 10.3. The first kappa shape index (κ1) is 36.0. The van der Waals surface area contributed by atoms with E-state index >= 15 is 0 Å². The van der Waals surface area contributed by atoms with E-state index in [1.165, 1.54) is 0 Å². The standard InChI is InChI=1S/C22H23N3O2.C22H22N2O3/c23-16-5-8-21-19(13-16)18-7-6-17(14-22(18)25-21)27-12-10-24-20-4-2-1-3-15(20)9-11-26;25-11-9-15-5-1-3-7-18(15)23-10-12-27-22-14-20-17(13-21(22)26)16-6-2-4-8-19(16)24-20/h1-8,13-14,24-26H,9-12,23H2;1-8,13-14,23-26H,9-12H2. The minimum absolute atomic E-state index is 0.119. The van der Waals surface area contributed by atoms with Crippen LogP contribution >= 0.6 is 0 Å². The van der Waals surface area contributed by atoms with Gasteiger partial charge >= 0.3 is 0 Å². The number of hydrogen-bond acceptors (Lipinski definition) is 8. The van der Waals surface area contributed by atoms with Crippen molar-refractivity contribution in [2.45, 2.75) is 12.8 Å². The van der Waals surface area contributed by atoms with Crippen molar-refractivity contribution < 1.29 is 24.8 Å². The van der Waals surface area contributed by atoms with Gasteiger partial charge in [-0.1, -0.05) is 54.6 Å². The molecule has 2 aromatic heterocycles. The Morgan fingerprint density at radius 1 is 0.537 bits per heavy atom. The number of hydrogen-bond donors (Lipinski definition) is 8. The van der Waals surface area contributed by atoms with E-state index in [4.69, 9.17) is 25.4 Å². The molecule has 10 heteroatoms. The second kappa shape index (κ2) is 17.0. The fourth-order valence-corrected chi connectivity index (χ4v) is 6.74. The molecule has 276 valence electrons. The highest BCUT2D eigenvalue weighted by Gasteiger charge is 2.11. The number of fused-ring (bicyclic) bond motifs is 6. The summed E-state index contributed by atoms with van der Waals surface area (Å²) in [7, 11) is 0. The number of nitrogens with two attached hydrogens (primary N) is 1. The second-order valence-electron chi connectivity index (χ2n) is 13.0. The molecule has 0 saturated carbocycles. The Bertz CT molecular complexity index is 2490. The normalized spacial score (nSPS) is 11.1. The number of aromatic amines is 2. The van der Waals surface area contributed by atoms with Gasteiger partial charge in [-0.3, -0.25) is 0 Å². The highest BCUT2D eigenvalue weighted by Crippen LogP contribution is 2.35. The van der Waals surface area contributed by atoms with Crippen LogP contribution in [0.15, 0.2) is 121 Å². The zero-order chi connectivity index (χ0) is 37.3. The number of phenolic OH excluding ortho intramolecular Hbond substituents is 1. The fourth-order valence-electron chi connectivity index (χ4n) is 6.74. The molecule has 8 rings (SSSR count). The Balaban J connectivity index is 0.000000167. The molecule has 0 saturated heterocycles. The van der Waals surface area contributed by atoms with Crippen LogP contribution < -0.4 is 25.8 Å². The lowest BCUT2D eigenvalue weighted by atomic mass is 10.1. The van der Waals surface area contributed by atoms with E-state index in [1.807, 2.05) is 109 Å². The number of phenols is 1. The smallest absolute Gasteiger partial charge is 0.163 e. The summed E-state index contributed by atoms with van der Waals surface area (Å²) in [4.78, 5) is 6.76. The zero-order valence-electron chi connectivity index (χ0n) is 29.9. The molecular formula is C44H45N5O5. The summed E-state index contributed by atoms with van der Waals surface area (Å²) in [6, 6.07) is 39.5. The molecule has 0 aliphatic carbocycles. The number of aromatic nitrogens is 2. The number of aliphatic hydroxyl groups is 2. The summed E-state index contributed by atoms with van der Waals surface area (Å²) in [5.41, 5.74) is 15.0. The minimum atomic E-state index is 0.119. The predicted octanol–water partition coefficient (Wildman–Crippen LogP) is 7.98. The lowest BCUT2D eigenvalue weighted by Gasteiger charge is -2.13. The van der Waals surface area contributed by atoms with Gasteiger partial charge < -0.3 is 51.1 Å². The summed E-state index contributed by atoms with van der Waals surface area (Å²) < 4.78 is 11.7. The van der Waals surface area contributed by atoms with Crippen LogP contribution in [0.5, 0.6) is 17.2 Å². The number of aromatic hydroxyl groups is 1. The van der Waals surface area contributed by atoms with Gasteiger partial charge in [0.2, 0.25) is 0 Å². The third-order valence-corrected chi connectivity index (χ3v) is 9.34. The van der Waals surface area contributed by atoms with Crippen molar-refractivity contribution in [3.8, 4) is 17.2 Å². The fraction of sp³-hybridized carbons (Fsp3) is 0.182. The van der Waals surface area contributed by atoms with Crippen LogP contribution in [0.2, 0.25) is 0 Å². The summed E-state index contributed by atoms with van der Waals surface area (Å²) >= 11 is 0. The first-order valence-corrected chi connectivity index (χ1v) is 18.2. The quantitative estimate of drug-likeness (QED) is 0.0414. The Morgan fingerprint density at radius 2 is 1.11 bits per heavy atom. The molecular weight excluding hydrogens is 679 g/mol. The Kier molecular flexibility index (Phi) is 11.3. The number of nitrogen functional groups attached to an aromatic ring is 1. The van der Waals surface area contributed by atoms with Crippen molar-refractivity contribution in [1.29, 1.82) is 0 Å². The maximum Gasteiger partial charge on any atom is 0.163 e. The maximum absolute atomic E-state index is 10.3. The van der Waals surface area contributed by atoms with E-state index in [-0.39, 0.29) is 19.0 Å². The van der Waals surface area contributed by atoms with Crippen molar-refractivity contribution in [3.05, 3.63) is 132 Å². The summed E-state index contributed by atoms with van der Waals surface area (Å²) in [5.74, 6) is 1.42. The van der Waals surface area contributed by atoms with Gasteiger partial charge in [-0.2, -0.15) is 0 Å². The van der Waals surface area contributed by atoms with E-state index < -0.39 is 0 Å². The van der Waals surface area contributed by atoms with Gasteiger partial charge in [0, 0.05) is 88.1 Å². The highest BCUT2D eigenvalue weighted by molar-refractivity contribution is 6.09. The lowest BCUT2D eigenvalue weighted by Crippen LogP contribution is -2.13. The van der Waals surface area contributed by atoms with E-state index in [9.17, 15) is 5.11 Å². The van der Waals surface area contributed by atoms with Crippen LogP contribution in [0.3, 0.4) is 0 Å². The van der Waals surface area contributed by atoms with E-state index in [0.29, 0.717) is 44.9 Å². The van der Waals surface area contributed by atoms with Crippen molar-refractivity contribution in [3.63, 3.8) is 0 Å². The van der Waals surface area contributed by atoms with Crippen LogP contribution in [0.4, 0.5) is 17.1 Å². The van der Waals surface area contributed by atoms with Gasteiger partial charge in [-0.25, -0.2) is 0 Å². The molecule has 9 N–H and O–H groups in total. The summed E-state index contributed by atoms with van der Waals surface area (Å²) in [6.07, 6.45) is 1.26. The third-order valence-electron chi connectivity index (χ3n) is 9.34. The molecule has 0 unspecified atom stereocenters. The number of benzene rings is 6.